The van der Waals surface area contributed by atoms with Crippen LogP contribution in [-0.2, 0) is 0 Å². The Kier molecular flexibility index (Phi) is 3.13. The molecule has 2 nitrogen and oxygen atoms in total. The van der Waals surface area contributed by atoms with E-state index in [-0.39, 0.29) is 12.1 Å². The Morgan fingerprint density at radius 3 is 2.33 bits per heavy atom. The van der Waals surface area contributed by atoms with E-state index in [1.807, 2.05) is 0 Å². The minimum Gasteiger partial charge on any atom is -0.391 e. The number of hydrogen-bond acceptors (Lipinski definition) is 2. The van der Waals surface area contributed by atoms with Crippen molar-refractivity contribution in [3.63, 3.8) is 0 Å². The van der Waals surface area contributed by atoms with Crippen molar-refractivity contribution in [1.82, 2.24) is 0 Å². The molecule has 0 radical (unpaired) electrons. The van der Waals surface area contributed by atoms with Crippen molar-refractivity contribution in [3.05, 3.63) is 0 Å². The minimum atomic E-state index is -0.277. The summed E-state index contributed by atoms with van der Waals surface area (Å²) in [5.41, 5.74) is 5.83. The SMILES string of the molecule is CC(C)[C@@H]1CC(C)[C@H](N)[C@H](O)C1. The van der Waals surface area contributed by atoms with Crippen molar-refractivity contribution in [2.24, 2.45) is 23.5 Å². The van der Waals surface area contributed by atoms with Crippen molar-refractivity contribution < 1.29 is 5.11 Å². The number of aliphatic hydroxyl groups is 1. The molecule has 4 atom stereocenters. The first-order valence-corrected chi connectivity index (χ1v) is 4.96. The maximum Gasteiger partial charge on any atom is 0.0696 e. The van der Waals surface area contributed by atoms with Crippen LogP contribution in [0.4, 0.5) is 0 Å². The maximum absolute atomic E-state index is 9.64. The average Bonchev–Trinajstić information content (AvgIpc) is 1.99. The fourth-order valence-electron chi connectivity index (χ4n) is 2.12. The minimum absolute atomic E-state index is 0.000000000000000222. The lowest BCUT2D eigenvalue weighted by atomic mass is 9.73. The molecule has 3 N–H and O–H groups in total. The van der Waals surface area contributed by atoms with Crippen LogP contribution < -0.4 is 5.73 Å². The van der Waals surface area contributed by atoms with E-state index in [9.17, 15) is 5.11 Å². The molecule has 1 unspecified atom stereocenters. The standard InChI is InChI=1S/C10H21NO/c1-6(2)8-4-7(3)10(11)9(12)5-8/h6-10,12H,4-5,11H2,1-3H3/t7?,8-,9-,10+/m1/s1. The van der Waals surface area contributed by atoms with Gasteiger partial charge in [-0.15, -0.1) is 0 Å². The van der Waals surface area contributed by atoms with Crippen LogP contribution in [0.2, 0.25) is 0 Å². The van der Waals surface area contributed by atoms with Crippen molar-refractivity contribution in [2.45, 2.75) is 45.8 Å². The highest BCUT2D eigenvalue weighted by Crippen LogP contribution is 2.32. The van der Waals surface area contributed by atoms with Crippen LogP contribution in [0.15, 0.2) is 0 Å². The van der Waals surface area contributed by atoms with Crippen LogP contribution >= 0.6 is 0 Å². The van der Waals surface area contributed by atoms with E-state index >= 15 is 0 Å². The van der Waals surface area contributed by atoms with Gasteiger partial charge in [-0.05, 0) is 30.6 Å². The Hall–Kier alpha value is -0.0800. The third kappa shape index (κ3) is 1.99. The van der Waals surface area contributed by atoms with Crippen LogP contribution in [-0.4, -0.2) is 17.3 Å². The van der Waals surface area contributed by atoms with Crippen LogP contribution in [0.25, 0.3) is 0 Å². The molecule has 0 bridgehead atoms. The monoisotopic (exact) mass is 171 g/mol. The predicted molar refractivity (Wildman–Crippen MR) is 50.7 cm³/mol. The molecule has 72 valence electrons. The lowest BCUT2D eigenvalue weighted by Crippen LogP contribution is -2.46. The van der Waals surface area contributed by atoms with Gasteiger partial charge in [0.1, 0.15) is 0 Å². The molecule has 0 aromatic rings. The Bertz CT molecular complexity index is 135. The van der Waals surface area contributed by atoms with E-state index in [0.717, 1.165) is 6.42 Å². The fourth-order valence-corrected chi connectivity index (χ4v) is 2.12. The average molecular weight is 171 g/mol. The van der Waals surface area contributed by atoms with Gasteiger partial charge in [-0.2, -0.15) is 0 Å². The summed E-state index contributed by atoms with van der Waals surface area (Å²) in [6.07, 6.45) is 1.79. The first-order chi connectivity index (χ1) is 5.52. The Morgan fingerprint density at radius 1 is 1.33 bits per heavy atom. The zero-order chi connectivity index (χ0) is 9.30. The highest BCUT2D eigenvalue weighted by molar-refractivity contribution is 4.87. The van der Waals surface area contributed by atoms with Gasteiger partial charge in [0.05, 0.1) is 6.10 Å². The quantitative estimate of drug-likeness (QED) is 0.626. The summed E-state index contributed by atoms with van der Waals surface area (Å²) in [6.45, 7) is 6.59. The number of aliphatic hydroxyl groups excluding tert-OH is 1. The molecule has 1 fully saturated rings. The van der Waals surface area contributed by atoms with Crippen LogP contribution in [0.3, 0.4) is 0 Å². The lowest BCUT2D eigenvalue weighted by molar-refractivity contribution is 0.0391. The molecule has 0 heterocycles. The van der Waals surface area contributed by atoms with Gasteiger partial charge in [0.15, 0.2) is 0 Å². The molecular formula is C10H21NO. The highest BCUT2D eigenvalue weighted by atomic mass is 16.3. The van der Waals surface area contributed by atoms with Gasteiger partial charge >= 0.3 is 0 Å². The molecule has 2 heteroatoms. The van der Waals surface area contributed by atoms with E-state index in [2.05, 4.69) is 20.8 Å². The zero-order valence-electron chi connectivity index (χ0n) is 8.33. The molecule has 0 aromatic heterocycles. The Labute approximate surface area is 75.2 Å². The number of hydrogen-bond donors (Lipinski definition) is 2. The lowest BCUT2D eigenvalue weighted by Gasteiger charge is -2.37. The molecule has 12 heavy (non-hydrogen) atoms. The third-order valence-corrected chi connectivity index (χ3v) is 3.26. The van der Waals surface area contributed by atoms with E-state index in [0.29, 0.717) is 17.8 Å². The summed E-state index contributed by atoms with van der Waals surface area (Å²) < 4.78 is 0. The number of rotatable bonds is 1. The Balaban J connectivity index is 2.53. The van der Waals surface area contributed by atoms with E-state index < -0.39 is 0 Å². The largest absolute Gasteiger partial charge is 0.391 e. The summed E-state index contributed by atoms with van der Waals surface area (Å²) >= 11 is 0. The molecule has 0 aromatic carbocycles. The van der Waals surface area contributed by atoms with Gasteiger partial charge < -0.3 is 10.8 Å². The smallest absolute Gasteiger partial charge is 0.0696 e. The summed E-state index contributed by atoms with van der Waals surface area (Å²) in [4.78, 5) is 0. The Morgan fingerprint density at radius 2 is 1.92 bits per heavy atom. The van der Waals surface area contributed by atoms with Gasteiger partial charge in [0.2, 0.25) is 0 Å². The maximum atomic E-state index is 9.64. The van der Waals surface area contributed by atoms with E-state index in [1.54, 1.807) is 0 Å². The molecule has 1 rings (SSSR count). The first-order valence-electron chi connectivity index (χ1n) is 4.96. The second-order valence-corrected chi connectivity index (χ2v) is 4.60. The van der Waals surface area contributed by atoms with Crippen molar-refractivity contribution >= 4 is 0 Å². The van der Waals surface area contributed by atoms with Gasteiger partial charge in [-0.3, -0.25) is 0 Å². The van der Waals surface area contributed by atoms with E-state index in [1.165, 1.54) is 6.42 Å². The van der Waals surface area contributed by atoms with Crippen molar-refractivity contribution in [2.75, 3.05) is 0 Å². The molecule has 1 aliphatic rings. The van der Waals surface area contributed by atoms with Gasteiger partial charge in [-0.1, -0.05) is 20.8 Å². The van der Waals surface area contributed by atoms with Crippen molar-refractivity contribution in [1.29, 1.82) is 0 Å². The molecule has 1 aliphatic carbocycles. The van der Waals surface area contributed by atoms with Crippen LogP contribution in [0.5, 0.6) is 0 Å². The van der Waals surface area contributed by atoms with Gasteiger partial charge in [0, 0.05) is 6.04 Å². The molecule has 1 saturated carbocycles. The predicted octanol–water partition coefficient (Wildman–Crippen LogP) is 1.38. The summed E-state index contributed by atoms with van der Waals surface area (Å²) in [5, 5.41) is 9.64. The first kappa shape index (κ1) is 10.0. The second kappa shape index (κ2) is 3.75. The van der Waals surface area contributed by atoms with E-state index in [4.69, 9.17) is 5.73 Å². The summed E-state index contributed by atoms with van der Waals surface area (Å²) in [6, 6.07) is -0.000000000000000222. The molecule has 0 spiro atoms. The highest BCUT2D eigenvalue weighted by Gasteiger charge is 2.32. The van der Waals surface area contributed by atoms with Crippen LogP contribution in [0.1, 0.15) is 33.6 Å². The van der Waals surface area contributed by atoms with Gasteiger partial charge in [-0.25, -0.2) is 0 Å². The summed E-state index contributed by atoms with van der Waals surface area (Å²) in [7, 11) is 0. The number of nitrogens with two attached hydrogens (primary N) is 1. The summed E-state index contributed by atoms with van der Waals surface area (Å²) in [5.74, 6) is 1.81. The normalized spacial score (nSPS) is 43.5. The molecule has 0 aliphatic heterocycles. The topological polar surface area (TPSA) is 46.2 Å². The van der Waals surface area contributed by atoms with Crippen molar-refractivity contribution in [3.8, 4) is 0 Å². The van der Waals surface area contributed by atoms with Crippen LogP contribution in [0, 0.1) is 17.8 Å². The fraction of sp³-hybridized carbons (Fsp3) is 1.00. The second-order valence-electron chi connectivity index (χ2n) is 4.60. The molecular weight excluding hydrogens is 150 g/mol. The molecule has 0 amide bonds. The molecule has 0 saturated heterocycles. The third-order valence-electron chi connectivity index (χ3n) is 3.26. The zero-order valence-corrected chi connectivity index (χ0v) is 8.33. The van der Waals surface area contributed by atoms with Gasteiger partial charge in [0.25, 0.3) is 0 Å².